The predicted molar refractivity (Wildman–Crippen MR) is 90.3 cm³/mol. The molecule has 7 heteroatoms. The van der Waals surface area contributed by atoms with Gasteiger partial charge in [0.25, 0.3) is 0 Å². The first-order valence-corrected chi connectivity index (χ1v) is 8.81. The molecule has 2 saturated heterocycles. The summed E-state index contributed by atoms with van der Waals surface area (Å²) < 4.78 is 2.00. The third-order valence-electron chi connectivity index (χ3n) is 5.23. The fraction of sp³-hybridized carbons (Fsp3) is 0.706. The van der Waals surface area contributed by atoms with Gasteiger partial charge < -0.3 is 15.5 Å². The number of nitrogens with zero attached hydrogens (tertiary/aromatic N) is 4. The first-order chi connectivity index (χ1) is 11.5. The van der Waals surface area contributed by atoms with Gasteiger partial charge in [-0.25, -0.2) is 4.79 Å². The second-order valence-electron chi connectivity index (χ2n) is 7.06. The molecule has 0 saturated carbocycles. The molecule has 3 amide bonds. The van der Waals surface area contributed by atoms with Crippen molar-refractivity contribution in [1.29, 1.82) is 0 Å². The van der Waals surface area contributed by atoms with Crippen molar-refractivity contribution < 1.29 is 9.59 Å². The van der Waals surface area contributed by atoms with Crippen molar-refractivity contribution >= 4 is 11.9 Å². The summed E-state index contributed by atoms with van der Waals surface area (Å²) >= 11 is 0. The number of aromatic nitrogens is 2. The van der Waals surface area contributed by atoms with Crippen molar-refractivity contribution in [2.45, 2.75) is 52.1 Å². The number of hydrogen-bond acceptors (Lipinski definition) is 3. The van der Waals surface area contributed by atoms with E-state index in [0.717, 1.165) is 50.2 Å². The average molecular weight is 333 g/mol. The summed E-state index contributed by atoms with van der Waals surface area (Å²) in [5.74, 6) is 0.0530. The Morgan fingerprint density at radius 1 is 1.25 bits per heavy atom. The monoisotopic (exact) mass is 333 g/mol. The minimum absolute atomic E-state index is 0.118. The molecule has 3 rings (SSSR count). The van der Waals surface area contributed by atoms with Crippen LogP contribution in [0.4, 0.5) is 4.79 Å². The molecule has 132 valence electrons. The summed E-state index contributed by atoms with van der Waals surface area (Å²) in [5.41, 5.74) is 7.52. The Bertz CT molecular complexity index is 626. The van der Waals surface area contributed by atoms with Crippen LogP contribution in [-0.4, -0.2) is 57.2 Å². The van der Waals surface area contributed by atoms with E-state index in [4.69, 9.17) is 5.73 Å². The van der Waals surface area contributed by atoms with Gasteiger partial charge in [-0.05, 0) is 45.6 Å². The van der Waals surface area contributed by atoms with E-state index in [1.807, 2.05) is 23.4 Å². The molecule has 2 aliphatic heterocycles. The number of hydrogen-bond donors (Lipinski definition) is 1. The minimum Gasteiger partial charge on any atom is -0.351 e. The normalized spacial score (nSPS) is 24.4. The number of amides is 3. The lowest BCUT2D eigenvalue weighted by molar-refractivity contribution is -0.138. The highest BCUT2D eigenvalue weighted by Crippen LogP contribution is 2.25. The van der Waals surface area contributed by atoms with E-state index in [2.05, 4.69) is 11.2 Å². The highest BCUT2D eigenvalue weighted by atomic mass is 16.2. The topological polar surface area (TPSA) is 84.5 Å². The third kappa shape index (κ3) is 3.39. The lowest BCUT2D eigenvalue weighted by Gasteiger charge is -2.35. The van der Waals surface area contributed by atoms with Crippen LogP contribution in [0.5, 0.6) is 0 Å². The van der Waals surface area contributed by atoms with Gasteiger partial charge in [0, 0.05) is 25.3 Å². The molecule has 2 aliphatic rings. The second-order valence-corrected chi connectivity index (χ2v) is 7.06. The molecule has 0 unspecified atom stereocenters. The van der Waals surface area contributed by atoms with E-state index >= 15 is 0 Å². The van der Waals surface area contributed by atoms with Gasteiger partial charge >= 0.3 is 6.03 Å². The molecule has 2 fully saturated rings. The lowest BCUT2D eigenvalue weighted by Crippen LogP contribution is -2.49. The van der Waals surface area contributed by atoms with Crippen LogP contribution in [0.15, 0.2) is 6.07 Å². The van der Waals surface area contributed by atoms with Crippen LogP contribution in [0.25, 0.3) is 0 Å². The Hall–Kier alpha value is -2.05. The van der Waals surface area contributed by atoms with Crippen LogP contribution >= 0.6 is 0 Å². The molecule has 0 aromatic carbocycles. The van der Waals surface area contributed by atoms with Crippen molar-refractivity contribution in [1.82, 2.24) is 19.6 Å². The largest absolute Gasteiger partial charge is 0.351 e. The molecule has 2 atom stereocenters. The van der Waals surface area contributed by atoms with E-state index in [1.165, 1.54) is 0 Å². The highest BCUT2D eigenvalue weighted by Gasteiger charge is 2.36. The maximum absolute atomic E-state index is 13.0. The van der Waals surface area contributed by atoms with Crippen LogP contribution in [0.2, 0.25) is 0 Å². The molecule has 0 spiro atoms. The molecule has 1 aromatic rings. The average Bonchev–Trinajstić information content (AvgIpc) is 3.13. The fourth-order valence-electron chi connectivity index (χ4n) is 3.99. The van der Waals surface area contributed by atoms with E-state index in [0.29, 0.717) is 13.1 Å². The molecule has 24 heavy (non-hydrogen) atoms. The number of likely N-dealkylation sites (tertiary alicyclic amines) is 2. The van der Waals surface area contributed by atoms with Gasteiger partial charge in [0.1, 0.15) is 0 Å². The first-order valence-electron chi connectivity index (χ1n) is 8.81. The lowest BCUT2D eigenvalue weighted by atomic mass is 9.96. The summed E-state index contributed by atoms with van der Waals surface area (Å²) in [5, 5.41) is 4.52. The molecular formula is C17H27N5O2. The van der Waals surface area contributed by atoms with E-state index < -0.39 is 6.03 Å². The Morgan fingerprint density at radius 3 is 2.67 bits per heavy atom. The molecule has 0 bridgehead atoms. The smallest absolute Gasteiger partial charge is 0.314 e. The third-order valence-corrected chi connectivity index (χ3v) is 5.23. The Morgan fingerprint density at radius 2 is 2.00 bits per heavy atom. The van der Waals surface area contributed by atoms with Crippen molar-refractivity contribution in [3.05, 3.63) is 17.5 Å². The van der Waals surface area contributed by atoms with Crippen molar-refractivity contribution in [3.63, 3.8) is 0 Å². The van der Waals surface area contributed by atoms with Crippen molar-refractivity contribution in [2.75, 3.05) is 19.6 Å². The van der Waals surface area contributed by atoms with Gasteiger partial charge in [0.2, 0.25) is 5.91 Å². The number of nitrogens with two attached hydrogens (primary N) is 1. The van der Waals surface area contributed by atoms with Gasteiger partial charge in [-0.2, -0.15) is 5.10 Å². The zero-order chi connectivity index (χ0) is 17.3. The van der Waals surface area contributed by atoms with Gasteiger partial charge in [-0.3, -0.25) is 9.48 Å². The number of carbonyl (C=O) groups excluding carboxylic acids is 2. The summed E-state index contributed by atoms with van der Waals surface area (Å²) in [4.78, 5) is 28.0. The summed E-state index contributed by atoms with van der Waals surface area (Å²) in [6, 6.07) is 1.83. The molecule has 0 aliphatic carbocycles. The quantitative estimate of drug-likeness (QED) is 0.904. The van der Waals surface area contributed by atoms with Crippen LogP contribution in [0.3, 0.4) is 0 Å². The number of rotatable bonds is 3. The second kappa shape index (κ2) is 6.83. The van der Waals surface area contributed by atoms with E-state index in [-0.39, 0.29) is 17.9 Å². The van der Waals surface area contributed by atoms with Crippen LogP contribution in [-0.2, 0) is 11.3 Å². The Labute approximate surface area is 142 Å². The van der Waals surface area contributed by atoms with Crippen LogP contribution in [0, 0.1) is 19.8 Å². The number of primary amides is 1. The van der Waals surface area contributed by atoms with Gasteiger partial charge in [-0.1, -0.05) is 0 Å². The number of aryl methyl sites for hydroxylation is 2. The van der Waals surface area contributed by atoms with Crippen molar-refractivity contribution in [2.24, 2.45) is 11.7 Å². The van der Waals surface area contributed by atoms with Gasteiger partial charge in [0.15, 0.2) is 0 Å². The van der Waals surface area contributed by atoms with E-state index in [9.17, 15) is 9.59 Å². The molecular weight excluding hydrogens is 306 g/mol. The van der Waals surface area contributed by atoms with Gasteiger partial charge in [0.05, 0.1) is 24.2 Å². The maximum Gasteiger partial charge on any atom is 0.314 e. The number of piperidine rings is 1. The highest BCUT2D eigenvalue weighted by molar-refractivity contribution is 5.81. The molecule has 2 N–H and O–H groups in total. The summed E-state index contributed by atoms with van der Waals surface area (Å²) in [7, 11) is 0. The zero-order valence-corrected chi connectivity index (χ0v) is 14.6. The minimum atomic E-state index is -0.423. The SMILES string of the molecule is Cc1cc(C)n(C[C@H]2CCCN2C(=O)[C@H]2CCCN(C(N)=O)C2)n1. The first kappa shape index (κ1) is 16.8. The predicted octanol–water partition coefficient (Wildman–Crippen LogP) is 1.28. The number of urea groups is 1. The standard InChI is InChI=1S/C17H27N5O2/c1-12-9-13(2)22(19-12)11-15-6-4-8-21(15)16(23)14-5-3-7-20(10-14)17(18)24/h9,14-15H,3-8,10-11H2,1-2H3,(H2,18,24)/t14-,15+/m0/s1. The Balaban J connectivity index is 1.67. The maximum atomic E-state index is 13.0. The summed E-state index contributed by atoms with van der Waals surface area (Å²) in [6.07, 6.45) is 3.72. The molecule has 7 nitrogen and oxygen atoms in total. The van der Waals surface area contributed by atoms with Crippen LogP contribution < -0.4 is 5.73 Å². The van der Waals surface area contributed by atoms with E-state index in [1.54, 1.807) is 4.90 Å². The van der Waals surface area contributed by atoms with Crippen LogP contribution in [0.1, 0.15) is 37.1 Å². The zero-order valence-electron chi connectivity index (χ0n) is 14.6. The van der Waals surface area contributed by atoms with Crippen molar-refractivity contribution in [3.8, 4) is 0 Å². The van der Waals surface area contributed by atoms with Gasteiger partial charge in [-0.15, -0.1) is 0 Å². The molecule has 3 heterocycles. The molecule has 1 aromatic heterocycles. The fourth-order valence-corrected chi connectivity index (χ4v) is 3.99. The Kier molecular flexibility index (Phi) is 4.78. The molecule has 0 radical (unpaired) electrons. The number of carbonyl (C=O) groups is 2. The summed E-state index contributed by atoms with van der Waals surface area (Å²) in [6.45, 7) is 6.70.